The quantitative estimate of drug-likeness (QED) is 0.181. The minimum Gasteiger partial charge on any atom is -0.496 e. The molecule has 0 fully saturated rings. The summed E-state index contributed by atoms with van der Waals surface area (Å²) in [5.41, 5.74) is 2.04. The van der Waals surface area contributed by atoms with E-state index in [0.717, 1.165) is 30.6 Å². The van der Waals surface area contributed by atoms with Gasteiger partial charge in [0.1, 0.15) is 11.5 Å². The van der Waals surface area contributed by atoms with Gasteiger partial charge in [0.05, 0.1) is 7.11 Å². The molecule has 0 bridgehead atoms. The highest BCUT2D eigenvalue weighted by Crippen LogP contribution is 2.42. The van der Waals surface area contributed by atoms with Crippen molar-refractivity contribution in [1.82, 2.24) is 0 Å². The highest BCUT2D eigenvalue weighted by atomic mass is 32.1. The molecule has 0 saturated heterocycles. The number of carboxylic acid groups (broad SMARTS) is 1. The molecule has 5 aromatic rings. The summed E-state index contributed by atoms with van der Waals surface area (Å²) in [6.45, 7) is -0.506. The van der Waals surface area contributed by atoms with Gasteiger partial charge in [0.2, 0.25) is 0 Å². The predicted molar refractivity (Wildman–Crippen MR) is 142 cm³/mol. The van der Waals surface area contributed by atoms with Gasteiger partial charge in [-0.3, -0.25) is 4.79 Å². The Bertz CT molecular complexity index is 1560. The second kappa shape index (κ2) is 9.74. The first-order chi connectivity index (χ1) is 17.0. The summed E-state index contributed by atoms with van der Waals surface area (Å²) in [5, 5.41) is 13.1. The fourth-order valence-corrected chi connectivity index (χ4v) is 5.81. The topological polar surface area (TPSA) is 72.8 Å². The minimum absolute atomic E-state index is 0.141. The van der Waals surface area contributed by atoms with Gasteiger partial charge in [-0.25, -0.2) is 4.79 Å². The van der Waals surface area contributed by atoms with Crippen LogP contribution in [-0.2, 0) is 4.79 Å². The van der Waals surface area contributed by atoms with Gasteiger partial charge in [-0.15, -0.1) is 22.7 Å². The molecule has 5 rings (SSSR count). The first-order valence-electron chi connectivity index (χ1n) is 10.8. The molecule has 0 radical (unpaired) electrons. The Balaban J connectivity index is 1.58. The summed E-state index contributed by atoms with van der Waals surface area (Å²) < 4.78 is 13.4. The van der Waals surface area contributed by atoms with Crippen molar-refractivity contribution in [2.45, 2.75) is 0 Å². The molecule has 5 nitrogen and oxygen atoms in total. The summed E-state index contributed by atoms with van der Waals surface area (Å²) in [6.07, 6.45) is 3.16. The lowest BCUT2D eigenvalue weighted by Crippen LogP contribution is -2.10. The van der Waals surface area contributed by atoms with E-state index >= 15 is 0 Å². The molecule has 0 saturated carbocycles. The third-order valence-corrected chi connectivity index (χ3v) is 7.58. The number of fused-ring (bicyclic) bond motifs is 2. The maximum absolute atomic E-state index is 13.1. The van der Waals surface area contributed by atoms with Crippen LogP contribution in [0.5, 0.6) is 11.5 Å². The van der Waals surface area contributed by atoms with Gasteiger partial charge in [0, 0.05) is 42.4 Å². The Hall–Kier alpha value is -3.94. The molecule has 0 aliphatic heterocycles. The van der Waals surface area contributed by atoms with E-state index in [-0.39, 0.29) is 5.78 Å². The summed E-state index contributed by atoms with van der Waals surface area (Å²) in [6, 6.07) is 21.3. The van der Waals surface area contributed by atoms with Crippen molar-refractivity contribution in [2.24, 2.45) is 0 Å². The molecule has 174 valence electrons. The van der Waals surface area contributed by atoms with Crippen LogP contribution in [0.4, 0.5) is 0 Å². The number of allylic oxidation sites excluding steroid dienone is 1. The van der Waals surface area contributed by atoms with Crippen molar-refractivity contribution in [3.63, 3.8) is 0 Å². The molecule has 35 heavy (non-hydrogen) atoms. The van der Waals surface area contributed by atoms with Crippen molar-refractivity contribution < 1.29 is 24.2 Å². The number of thiophene rings is 2. The summed E-state index contributed by atoms with van der Waals surface area (Å²) in [5.74, 6) is -0.347. The second-order valence-corrected chi connectivity index (χ2v) is 9.79. The molecular formula is C28H20O5S2. The summed E-state index contributed by atoms with van der Waals surface area (Å²) in [4.78, 5) is 25.2. The molecule has 0 amide bonds. The van der Waals surface area contributed by atoms with Gasteiger partial charge in [-0.2, -0.15) is 0 Å². The number of methoxy groups -OCH3 is 1. The monoisotopic (exact) mass is 500 g/mol. The van der Waals surface area contributed by atoms with Crippen molar-refractivity contribution in [3.05, 3.63) is 89.3 Å². The Morgan fingerprint density at radius 1 is 0.971 bits per heavy atom. The van der Waals surface area contributed by atoms with Gasteiger partial charge in [-0.05, 0) is 53.3 Å². The maximum atomic E-state index is 13.1. The second-order valence-electron chi connectivity index (χ2n) is 7.76. The number of benzene rings is 3. The number of hydrogen-bond donors (Lipinski definition) is 1. The standard InChI is InChI=1S/C28H20O5S2/c1-32-24-15-23(33-16-28(30)31)17(13-21(24)27-14-18-5-2-3-7-25(18)35-27)9-10-22(29)19-6-4-8-26-20(19)11-12-34-26/h2-15H,16H2,1H3,(H,30,31)/b10-9+. The molecule has 7 heteroatoms. The van der Waals surface area contributed by atoms with E-state index in [9.17, 15) is 9.59 Å². The Labute approximate surface area is 209 Å². The molecule has 0 atom stereocenters. The highest BCUT2D eigenvalue weighted by molar-refractivity contribution is 7.22. The van der Waals surface area contributed by atoms with Gasteiger partial charge < -0.3 is 14.6 Å². The smallest absolute Gasteiger partial charge is 0.341 e. The fourth-order valence-electron chi connectivity index (χ4n) is 3.91. The van der Waals surface area contributed by atoms with Gasteiger partial charge in [0.25, 0.3) is 0 Å². The number of rotatable bonds is 8. The lowest BCUT2D eigenvalue weighted by molar-refractivity contribution is -0.139. The van der Waals surface area contributed by atoms with Crippen LogP contribution in [0.15, 0.2) is 78.2 Å². The number of hydrogen-bond acceptors (Lipinski definition) is 6. The normalized spacial score (nSPS) is 11.3. The van der Waals surface area contributed by atoms with Crippen molar-refractivity contribution in [1.29, 1.82) is 0 Å². The number of carbonyl (C=O) groups excluding carboxylic acids is 1. The van der Waals surface area contributed by atoms with Crippen LogP contribution in [0.2, 0.25) is 0 Å². The highest BCUT2D eigenvalue weighted by Gasteiger charge is 2.16. The van der Waals surface area contributed by atoms with Crippen LogP contribution in [0.3, 0.4) is 0 Å². The van der Waals surface area contributed by atoms with E-state index < -0.39 is 12.6 Å². The largest absolute Gasteiger partial charge is 0.496 e. The third kappa shape index (κ3) is 4.69. The third-order valence-electron chi connectivity index (χ3n) is 5.55. The number of aliphatic carboxylic acids is 1. The molecule has 2 heterocycles. The minimum atomic E-state index is -1.09. The fraction of sp³-hybridized carbons (Fsp3) is 0.0714. The first kappa shape index (κ1) is 22.8. The van der Waals surface area contributed by atoms with Crippen molar-refractivity contribution >= 4 is 60.7 Å². The number of carboxylic acids is 1. The lowest BCUT2D eigenvalue weighted by atomic mass is 10.0. The predicted octanol–water partition coefficient (Wildman–Crippen LogP) is 7.15. The van der Waals surface area contributed by atoms with Crippen LogP contribution in [0, 0.1) is 0 Å². The van der Waals surface area contributed by atoms with E-state index in [1.54, 1.807) is 48.0 Å². The summed E-state index contributed by atoms with van der Waals surface area (Å²) in [7, 11) is 1.56. The van der Waals surface area contributed by atoms with Crippen LogP contribution in [0.25, 0.3) is 36.7 Å². The molecule has 1 N–H and O–H groups in total. The van der Waals surface area contributed by atoms with Crippen molar-refractivity contribution in [3.8, 4) is 21.9 Å². The van der Waals surface area contributed by atoms with E-state index in [0.29, 0.717) is 22.6 Å². The molecule has 0 unspecified atom stereocenters. The average molecular weight is 501 g/mol. The number of ketones is 1. The van der Waals surface area contributed by atoms with Gasteiger partial charge >= 0.3 is 5.97 Å². The maximum Gasteiger partial charge on any atom is 0.341 e. The van der Waals surface area contributed by atoms with Crippen molar-refractivity contribution in [2.75, 3.05) is 13.7 Å². The van der Waals surface area contributed by atoms with Gasteiger partial charge in [-0.1, -0.05) is 30.3 Å². The molecular weight excluding hydrogens is 480 g/mol. The number of ether oxygens (including phenoxy) is 2. The van der Waals surface area contributed by atoms with Crippen LogP contribution < -0.4 is 9.47 Å². The first-order valence-corrected chi connectivity index (χ1v) is 12.5. The van der Waals surface area contributed by atoms with Gasteiger partial charge in [0.15, 0.2) is 12.4 Å². The Kier molecular flexibility index (Phi) is 6.35. The molecule has 0 aliphatic carbocycles. The van der Waals surface area contributed by atoms with E-state index in [1.807, 2.05) is 41.8 Å². The zero-order valence-electron chi connectivity index (χ0n) is 18.7. The van der Waals surface area contributed by atoms with Crippen LogP contribution >= 0.6 is 22.7 Å². The average Bonchev–Trinajstić information content (AvgIpc) is 3.52. The Morgan fingerprint density at radius 3 is 2.60 bits per heavy atom. The van der Waals surface area contributed by atoms with E-state index in [4.69, 9.17) is 14.6 Å². The molecule has 0 aliphatic rings. The van der Waals surface area contributed by atoms with E-state index in [1.165, 1.54) is 6.08 Å². The van der Waals surface area contributed by atoms with Crippen LogP contribution in [-0.4, -0.2) is 30.6 Å². The zero-order valence-corrected chi connectivity index (χ0v) is 20.3. The van der Waals surface area contributed by atoms with E-state index in [2.05, 4.69) is 18.2 Å². The van der Waals surface area contributed by atoms with Crippen LogP contribution in [0.1, 0.15) is 15.9 Å². The summed E-state index contributed by atoms with van der Waals surface area (Å²) >= 11 is 3.22. The molecule has 0 spiro atoms. The molecule has 3 aromatic carbocycles. The lowest BCUT2D eigenvalue weighted by Gasteiger charge is -2.13. The SMILES string of the molecule is COc1cc(OCC(=O)O)c(/C=C/C(=O)c2cccc3sccc23)cc1-c1cc2ccccc2s1. The molecule has 2 aromatic heterocycles. The number of carbonyl (C=O) groups is 2. The Morgan fingerprint density at radius 2 is 1.80 bits per heavy atom. The zero-order chi connectivity index (χ0) is 24.4.